The van der Waals surface area contributed by atoms with Crippen molar-refractivity contribution in [3.05, 3.63) is 18.1 Å². The first-order chi connectivity index (χ1) is 9.86. The van der Waals surface area contributed by atoms with Crippen molar-refractivity contribution in [1.29, 1.82) is 0 Å². The Balaban J connectivity index is 2.08. The molecule has 0 saturated heterocycles. The fourth-order valence-corrected chi connectivity index (χ4v) is 1.96. The topological polar surface area (TPSA) is 47.0 Å². The van der Waals surface area contributed by atoms with Gasteiger partial charge in [-0.1, -0.05) is 46.0 Å². The van der Waals surface area contributed by atoms with Crippen molar-refractivity contribution < 1.29 is 4.74 Å². The van der Waals surface area contributed by atoms with E-state index in [0.717, 1.165) is 38.2 Å². The summed E-state index contributed by atoms with van der Waals surface area (Å²) in [4.78, 5) is 8.62. The summed E-state index contributed by atoms with van der Waals surface area (Å²) in [7, 11) is 0. The SMILES string of the molecule is CCCCCCCCOc1cnc(CNCCC)cn1. The lowest BCUT2D eigenvalue weighted by atomic mass is 10.1. The van der Waals surface area contributed by atoms with E-state index in [1.807, 2.05) is 0 Å². The summed E-state index contributed by atoms with van der Waals surface area (Å²) in [5.41, 5.74) is 0.963. The molecule has 1 aromatic rings. The van der Waals surface area contributed by atoms with Crippen molar-refractivity contribution in [2.75, 3.05) is 13.2 Å². The van der Waals surface area contributed by atoms with Crippen LogP contribution < -0.4 is 10.1 Å². The third-order valence-electron chi connectivity index (χ3n) is 3.16. The van der Waals surface area contributed by atoms with Gasteiger partial charge in [-0.15, -0.1) is 0 Å². The Hall–Kier alpha value is -1.16. The zero-order valence-electron chi connectivity index (χ0n) is 13.0. The second-order valence-electron chi connectivity index (χ2n) is 5.14. The Morgan fingerprint density at radius 1 is 0.950 bits per heavy atom. The van der Waals surface area contributed by atoms with E-state index in [0.29, 0.717) is 5.88 Å². The number of unbranched alkanes of at least 4 members (excludes halogenated alkanes) is 5. The lowest BCUT2D eigenvalue weighted by Crippen LogP contribution is -2.15. The first kappa shape index (κ1) is 16.9. The summed E-state index contributed by atoms with van der Waals surface area (Å²) in [5, 5.41) is 3.30. The van der Waals surface area contributed by atoms with Gasteiger partial charge in [0.05, 0.1) is 24.7 Å². The van der Waals surface area contributed by atoms with Crippen LogP contribution in [0.2, 0.25) is 0 Å². The van der Waals surface area contributed by atoms with Gasteiger partial charge in [0, 0.05) is 6.54 Å². The highest BCUT2D eigenvalue weighted by Gasteiger charge is 1.98. The maximum absolute atomic E-state index is 5.60. The van der Waals surface area contributed by atoms with Crippen LogP contribution in [0.15, 0.2) is 12.4 Å². The zero-order valence-corrected chi connectivity index (χ0v) is 13.0. The van der Waals surface area contributed by atoms with Gasteiger partial charge in [0.1, 0.15) is 0 Å². The largest absolute Gasteiger partial charge is 0.477 e. The van der Waals surface area contributed by atoms with E-state index in [4.69, 9.17) is 4.74 Å². The Labute approximate surface area is 123 Å². The molecule has 0 aliphatic heterocycles. The molecule has 0 amide bonds. The molecule has 0 saturated carbocycles. The van der Waals surface area contributed by atoms with Gasteiger partial charge in [0.2, 0.25) is 5.88 Å². The van der Waals surface area contributed by atoms with E-state index in [-0.39, 0.29) is 0 Å². The summed E-state index contributed by atoms with van der Waals surface area (Å²) in [6, 6.07) is 0. The summed E-state index contributed by atoms with van der Waals surface area (Å²) < 4.78 is 5.60. The normalized spacial score (nSPS) is 10.7. The molecule has 0 radical (unpaired) electrons. The maximum atomic E-state index is 5.60. The van der Waals surface area contributed by atoms with Gasteiger partial charge in [-0.3, -0.25) is 4.98 Å². The minimum Gasteiger partial charge on any atom is -0.477 e. The molecule has 0 aromatic carbocycles. The number of ether oxygens (including phenoxy) is 1. The van der Waals surface area contributed by atoms with E-state index in [1.165, 1.54) is 32.1 Å². The molecule has 1 heterocycles. The van der Waals surface area contributed by atoms with Crippen LogP contribution in [-0.4, -0.2) is 23.1 Å². The molecule has 1 rings (SSSR count). The molecule has 1 N–H and O–H groups in total. The Bertz CT molecular complexity index is 327. The first-order valence-electron chi connectivity index (χ1n) is 8.01. The van der Waals surface area contributed by atoms with Crippen molar-refractivity contribution >= 4 is 0 Å². The standard InChI is InChI=1S/C16H29N3O/c1-3-5-6-7-8-9-11-20-16-14-18-15(13-19-16)12-17-10-4-2/h13-14,17H,3-12H2,1-2H3. The average Bonchev–Trinajstić information content (AvgIpc) is 2.48. The minimum absolute atomic E-state index is 0.637. The van der Waals surface area contributed by atoms with Crippen molar-refractivity contribution in [3.8, 4) is 5.88 Å². The Morgan fingerprint density at radius 3 is 2.45 bits per heavy atom. The van der Waals surface area contributed by atoms with E-state index in [9.17, 15) is 0 Å². The highest BCUT2D eigenvalue weighted by atomic mass is 16.5. The molecule has 4 nitrogen and oxygen atoms in total. The molecule has 0 unspecified atom stereocenters. The smallest absolute Gasteiger partial charge is 0.232 e. The summed E-state index contributed by atoms with van der Waals surface area (Å²) in [6.07, 6.45) is 12.3. The second-order valence-corrected chi connectivity index (χ2v) is 5.14. The van der Waals surface area contributed by atoms with Gasteiger partial charge in [0.15, 0.2) is 0 Å². The van der Waals surface area contributed by atoms with Gasteiger partial charge in [-0.2, -0.15) is 0 Å². The monoisotopic (exact) mass is 279 g/mol. The van der Waals surface area contributed by atoms with Gasteiger partial charge in [0.25, 0.3) is 0 Å². The quantitative estimate of drug-likeness (QED) is 0.592. The highest BCUT2D eigenvalue weighted by molar-refractivity contribution is 5.07. The van der Waals surface area contributed by atoms with Crippen LogP contribution in [0, 0.1) is 0 Å². The third kappa shape index (κ3) is 8.10. The van der Waals surface area contributed by atoms with Crippen LogP contribution in [0.25, 0.3) is 0 Å². The predicted molar refractivity (Wildman–Crippen MR) is 82.9 cm³/mol. The van der Waals surface area contributed by atoms with E-state index < -0.39 is 0 Å². The molecule has 0 bridgehead atoms. The van der Waals surface area contributed by atoms with Crippen LogP contribution in [-0.2, 0) is 6.54 Å². The van der Waals surface area contributed by atoms with Crippen molar-refractivity contribution in [3.63, 3.8) is 0 Å². The van der Waals surface area contributed by atoms with Gasteiger partial charge >= 0.3 is 0 Å². The molecule has 0 aliphatic rings. The molecule has 0 spiro atoms. The van der Waals surface area contributed by atoms with Gasteiger partial charge in [-0.05, 0) is 19.4 Å². The number of aromatic nitrogens is 2. The summed E-state index contributed by atoms with van der Waals surface area (Å²) in [6.45, 7) is 6.92. The van der Waals surface area contributed by atoms with E-state index in [2.05, 4.69) is 29.1 Å². The number of rotatable bonds is 12. The van der Waals surface area contributed by atoms with Crippen molar-refractivity contribution in [2.45, 2.75) is 65.3 Å². The molecule has 0 fully saturated rings. The number of nitrogens with one attached hydrogen (secondary N) is 1. The van der Waals surface area contributed by atoms with Crippen LogP contribution in [0.1, 0.15) is 64.5 Å². The zero-order chi connectivity index (χ0) is 14.5. The number of nitrogens with zero attached hydrogens (tertiary/aromatic N) is 2. The fraction of sp³-hybridized carbons (Fsp3) is 0.750. The molecular formula is C16H29N3O. The first-order valence-corrected chi connectivity index (χ1v) is 8.01. The van der Waals surface area contributed by atoms with Gasteiger partial charge < -0.3 is 10.1 Å². The van der Waals surface area contributed by atoms with Crippen molar-refractivity contribution in [1.82, 2.24) is 15.3 Å². The van der Waals surface area contributed by atoms with Gasteiger partial charge in [-0.25, -0.2) is 4.98 Å². The summed E-state index contributed by atoms with van der Waals surface area (Å²) >= 11 is 0. The lowest BCUT2D eigenvalue weighted by molar-refractivity contribution is 0.291. The van der Waals surface area contributed by atoms with Crippen LogP contribution in [0.5, 0.6) is 5.88 Å². The fourth-order valence-electron chi connectivity index (χ4n) is 1.96. The average molecular weight is 279 g/mol. The second kappa shape index (κ2) is 11.6. The number of hydrogen-bond acceptors (Lipinski definition) is 4. The predicted octanol–water partition coefficient (Wildman–Crippen LogP) is 3.72. The molecule has 20 heavy (non-hydrogen) atoms. The molecule has 1 aromatic heterocycles. The molecule has 0 atom stereocenters. The Morgan fingerprint density at radius 2 is 1.75 bits per heavy atom. The summed E-state index contributed by atoms with van der Waals surface area (Å²) in [5.74, 6) is 0.637. The maximum Gasteiger partial charge on any atom is 0.232 e. The molecular weight excluding hydrogens is 250 g/mol. The Kier molecular flexibility index (Phi) is 9.84. The van der Waals surface area contributed by atoms with Crippen molar-refractivity contribution in [2.24, 2.45) is 0 Å². The van der Waals surface area contributed by atoms with E-state index >= 15 is 0 Å². The van der Waals surface area contributed by atoms with Crippen LogP contribution in [0.3, 0.4) is 0 Å². The number of hydrogen-bond donors (Lipinski definition) is 1. The third-order valence-corrected chi connectivity index (χ3v) is 3.16. The molecule has 114 valence electrons. The lowest BCUT2D eigenvalue weighted by Gasteiger charge is -2.06. The van der Waals surface area contributed by atoms with Crippen LogP contribution in [0.4, 0.5) is 0 Å². The van der Waals surface area contributed by atoms with Crippen LogP contribution >= 0.6 is 0 Å². The highest BCUT2D eigenvalue weighted by Crippen LogP contribution is 2.08. The minimum atomic E-state index is 0.637. The molecule has 4 heteroatoms. The van der Waals surface area contributed by atoms with E-state index in [1.54, 1.807) is 12.4 Å². The molecule has 0 aliphatic carbocycles.